The Kier molecular flexibility index (Phi) is 3.41. The van der Waals surface area contributed by atoms with Crippen molar-refractivity contribution in [3.63, 3.8) is 0 Å². The van der Waals surface area contributed by atoms with Crippen molar-refractivity contribution in [2.24, 2.45) is 5.92 Å². The first kappa shape index (κ1) is 12.7. The molecule has 2 N–H and O–H groups in total. The normalized spacial score (nSPS) is 14.2. The van der Waals surface area contributed by atoms with Gasteiger partial charge < -0.3 is 10.4 Å². The Bertz CT molecular complexity index is 662. The predicted molar refractivity (Wildman–Crippen MR) is 76.9 cm³/mol. The fourth-order valence-electron chi connectivity index (χ4n) is 2.06. The van der Waals surface area contributed by atoms with Gasteiger partial charge in [0, 0.05) is 12.6 Å². The van der Waals surface area contributed by atoms with Crippen molar-refractivity contribution in [1.82, 2.24) is 9.78 Å². The minimum atomic E-state index is -0.144. The quantitative estimate of drug-likeness (QED) is 0.870. The van der Waals surface area contributed by atoms with Crippen molar-refractivity contribution in [1.29, 1.82) is 0 Å². The molecule has 20 heavy (non-hydrogen) atoms. The zero-order valence-corrected chi connectivity index (χ0v) is 11.1. The molecule has 0 amide bonds. The Morgan fingerprint density at radius 2 is 2.20 bits per heavy atom. The summed E-state index contributed by atoms with van der Waals surface area (Å²) in [5.74, 6) is 0.947. The van der Waals surface area contributed by atoms with Crippen LogP contribution >= 0.6 is 0 Å². The maximum absolute atomic E-state index is 12.0. The molecule has 1 saturated carbocycles. The molecule has 5 heteroatoms. The van der Waals surface area contributed by atoms with Gasteiger partial charge in [0.2, 0.25) is 0 Å². The number of phenolic OH excluding ortho intramolecular Hbond substituents is 1. The molecule has 0 radical (unpaired) electrons. The zero-order chi connectivity index (χ0) is 13.9. The fourth-order valence-corrected chi connectivity index (χ4v) is 2.06. The van der Waals surface area contributed by atoms with Crippen LogP contribution in [0.5, 0.6) is 5.75 Å². The lowest BCUT2D eigenvalue weighted by Gasteiger charge is -2.08. The molecule has 2 aromatic rings. The van der Waals surface area contributed by atoms with Crippen LogP contribution in [-0.2, 0) is 6.54 Å². The summed E-state index contributed by atoms with van der Waals surface area (Å²) >= 11 is 0. The van der Waals surface area contributed by atoms with Crippen LogP contribution in [0.2, 0.25) is 0 Å². The Labute approximate surface area is 116 Å². The number of benzene rings is 1. The van der Waals surface area contributed by atoms with Crippen LogP contribution in [0.1, 0.15) is 18.4 Å². The first-order valence-electron chi connectivity index (χ1n) is 6.80. The van der Waals surface area contributed by atoms with Gasteiger partial charge in [-0.3, -0.25) is 4.79 Å². The summed E-state index contributed by atoms with van der Waals surface area (Å²) in [4.78, 5) is 12.0. The van der Waals surface area contributed by atoms with Gasteiger partial charge >= 0.3 is 0 Å². The second kappa shape index (κ2) is 5.36. The summed E-state index contributed by atoms with van der Waals surface area (Å²) < 4.78 is 1.39. The highest BCUT2D eigenvalue weighted by Crippen LogP contribution is 2.28. The average Bonchev–Trinajstić information content (AvgIpc) is 3.23. The van der Waals surface area contributed by atoms with E-state index in [-0.39, 0.29) is 11.3 Å². The standard InChI is InChI=1S/C15H17N3O2/c19-14-3-1-2-12(6-14)10-18-15(20)7-13(9-17-18)16-8-11-4-5-11/h1-3,6-7,9,11,16,19H,4-5,8,10H2. The molecule has 0 saturated heterocycles. The number of hydrogen-bond acceptors (Lipinski definition) is 4. The van der Waals surface area contributed by atoms with Crippen molar-refractivity contribution in [3.8, 4) is 5.75 Å². The van der Waals surface area contributed by atoms with Crippen molar-refractivity contribution in [2.45, 2.75) is 19.4 Å². The van der Waals surface area contributed by atoms with E-state index in [1.54, 1.807) is 30.5 Å². The fraction of sp³-hybridized carbons (Fsp3) is 0.333. The highest BCUT2D eigenvalue weighted by atomic mass is 16.3. The SMILES string of the molecule is O=c1cc(NCC2CC2)cnn1Cc1cccc(O)c1. The highest BCUT2D eigenvalue weighted by Gasteiger charge is 2.20. The average molecular weight is 271 g/mol. The number of aromatic hydroxyl groups is 1. The molecule has 0 aliphatic heterocycles. The molecule has 0 bridgehead atoms. The van der Waals surface area contributed by atoms with Crippen LogP contribution < -0.4 is 10.9 Å². The molecule has 0 spiro atoms. The van der Waals surface area contributed by atoms with Gasteiger partial charge in [-0.2, -0.15) is 5.10 Å². The lowest BCUT2D eigenvalue weighted by molar-refractivity contribution is 0.474. The van der Waals surface area contributed by atoms with Gasteiger partial charge in [-0.25, -0.2) is 4.68 Å². The molecule has 5 nitrogen and oxygen atoms in total. The third-order valence-electron chi connectivity index (χ3n) is 3.40. The van der Waals surface area contributed by atoms with Crippen LogP contribution in [0.3, 0.4) is 0 Å². The van der Waals surface area contributed by atoms with Crippen LogP contribution in [0.4, 0.5) is 5.69 Å². The lowest BCUT2D eigenvalue weighted by atomic mass is 10.2. The maximum Gasteiger partial charge on any atom is 0.269 e. The Morgan fingerprint density at radius 3 is 2.90 bits per heavy atom. The number of anilines is 1. The predicted octanol–water partition coefficient (Wildman–Crippen LogP) is 1.82. The smallest absolute Gasteiger partial charge is 0.269 e. The summed E-state index contributed by atoms with van der Waals surface area (Å²) in [6.45, 7) is 1.27. The van der Waals surface area contributed by atoms with E-state index < -0.39 is 0 Å². The molecule has 1 aliphatic carbocycles. The first-order valence-corrected chi connectivity index (χ1v) is 6.80. The minimum absolute atomic E-state index is 0.144. The Hall–Kier alpha value is -2.30. The Morgan fingerprint density at radius 1 is 1.35 bits per heavy atom. The molecule has 0 atom stereocenters. The third kappa shape index (κ3) is 3.17. The number of hydrogen-bond donors (Lipinski definition) is 2. The molecule has 0 unspecified atom stereocenters. The molecule has 1 heterocycles. The molecule has 1 aromatic heterocycles. The van der Waals surface area contributed by atoms with Crippen LogP contribution in [0, 0.1) is 5.92 Å². The molecule has 1 aromatic carbocycles. The second-order valence-electron chi connectivity index (χ2n) is 5.23. The van der Waals surface area contributed by atoms with Gasteiger partial charge in [0.1, 0.15) is 5.75 Å². The van der Waals surface area contributed by atoms with E-state index in [0.29, 0.717) is 6.54 Å². The molecule has 3 rings (SSSR count). The number of nitrogens with zero attached hydrogens (tertiary/aromatic N) is 2. The van der Waals surface area contributed by atoms with Gasteiger partial charge in [-0.1, -0.05) is 12.1 Å². The lowest BCUT2D eigenvalue weighted by Crippen LogP contribution is -2.23. The highest BCUT2D eigenvalue weighted by molar-refractivity contribution is 5.39. The number of rotatable bonds is 5. The van der Waals surface area contributed by atoms with Crippen molar-refractivity contribution in [3.05, 3.63) is 52.4 Å². The first-order chi connectivity index (χ1) is 9.70. The van der Waals surface area contributed by atoms with Crippen LogP contribution in [0.25, 0.3) is 0 Å². The van der Waals surface area contributed by atoms with E-state index in [9.17, 15) is 9.90 Å². The van der Waals surface area contributed by atoms with Crippen molar-refractivity contribution in [2.75, 3.05) is 11.9 Å². The van der Waals surface area contributed by atoms with Crippen LogP contribution in [-0.4, -0.2) is 21.4 Å². The summed E-state index contributed by atoms with van der Waals surface area (Å²) in [6.07, 6.45) is 4.22. The molecule has 104 valence electrons. The number of phenols is 1. The van der Waals surface area contributed by atoms with Gasteiger partial charge in [0.15, 0.2) is 0 Å². The topological polar surface area (TPSA) is 67.2 Å². The van der Waals surface area contributed by atoms with E-state index in [0.717, 1.165) is 23.7 Å². The van der Waals surface area contributed by atoms with Gasteiger partial charge in [-0.15, -0.1) is 0 Å². The van der Waals surface area contributed by atoms with Crippen LogP contribution in [0.15, 0.2) is 41.3 Å². The largest absolute Gasteiger partial charge is 0.508 e. The molecule has 1 aliphatic rings. The number of aromatic nitrogens is 2. The summed E-state index contributed by atoms with van der Waals surface area (Å²) in [7, 11) is 0. The summed E-state index contributed by atoms with van der Waals surface area (Å²) in [5.41, 5.74) is 1.47. The minimum Gasteiger partial charge on any atom is -0.508 e. The Balaban J connectivity index is 1.71. The second-order valence-corrected chi connectivity index (χ2v) is 5.23. The molecular formula is C15H17N3O2. The van der Waals surface area contributed by atoms with Crippen molar-refractivity contribution >= 4 is 5.69 Å². The summed E-state index contributed by atoms with van der Waals surface area (Å²) in [6, 6.07) is 8.41. The molecular weight excluding hydrogens is 254 g/mol. The van der Waals surface area contributed by atoms with E-state index in [1.165, 1.54) is 17.5 Å². The monoisotopic (exact) mass is 271 g/mol. The van der Waals surface area contributed by atoms with E-state index in [2.05, 4.69) is 10.4 Å². The zero-order valence-electron chi connectivity index (χ0n) is 11.1. The van der Waals surface area contributed by atoms with Crippen molar-refractivity contribution < 1.29 is 5.11 Å². The molecule has 1 fully saturated rings. The van der Waals surface area contributed by atoms with E-state index in [1.807, 2.05) is 6.07 Å². The summed E-state index contributed by atoms with van der Waals surface area (Å²) in [5, 5.41) is 16.8. The van der Waals surface area contributed by atoms with Gasteiger partial charge in [-0.05, 0) is 36.5 Å². The number of nitrogens with one attached hydrogen (secondary N) is 1. The van der Waals surface area contributed by atoms with Gasteiger partial charge in [0.05, 0.1) is 18.4 Å². The van der Waals surface area contributed by atoms with E-state index >= 15 is 0 Å². The van der Waals surface area contributed by atoms with E-state index in [4.69, 9.17) is 0 Å². The van der Waals surface area contributed by atoms with Gasteiger partial charge in [0.25, 0.3) is 5.56 Å². The third-order valence-corrected chi connectivity index (χ3v) is 3.40. The maximum atomic E-state index is 12.0.